The highest BCUT2D eigenvalue weighted by molar-refractivity contribution is 5.64. The number of hydrogen-bond donors (Lipinski definition) is 0. The first-order chi connectivity index (χ1) is 6.29. The van der Waals surface area contributed by atoms with Gasteiger partial charge in [-0.05, 0) is 19.4 Å². The lowest BCUT2D eigenvalue weighted by Gasteiger charge is -2.00. The predicted molar refractivity (Wildman–Crippen MR) is 51.4 cm³/mol. The van der Waals surface area contributed by atoms with E-state index in [0.717, 1.165) is 16.9 Å². The molecule has 0 saturated carbocycles. The van der Waals surface area contributed by atoms with Crippen molar-refractivity contribution in [2.45, 2.75) is 13.8 Å². The van der Waals surface area contributed by atoms with Crippen molar-refractivity contribution in [3.8, 4) is 11.3 Å². The number of hydrogen-bond acceptors (Lipinski definition) is 2. The molecule has 2 aromatic rings. The van der Waals surface area contributed by atoms with Crippen molar-refractivity contribution >= 4 is 0 Å². The van der Waals surface area contributed by atoms with E-state index < -0.39 is 0 Å². The molecular formula is C11H11NO. The Morgan fingerprint density at radius 2 is 1.85 bits per heavy atom. The van der Waals surface area contributed by atoms with E-state index >= 15 is 0 Å². The maximum atomic E-state index is 5.18. The average Bonchev–Trinajstić information content (AvgIpc) is 2.52. The Hall–Kier alpha value is -1.57. The van der Waals surface area contributed by atoms with Gasteiger partial charge in [0.1, 0.15) is 0 Å². The zero-order chi connectivity index (χ0) is 9.26. The quantitative estimate of drug-likeness (QED) is 0.662. The molecular weight excluding hydrogens is 162 g/mol. The number of nitrogens with zero attached hydrogens (tertiary/aromatic N) is 1. The van der Waals surface area contributed by atoms with Crippen molar-refractivity contribution in [2.24, 2.45) is 0 Å². The van der Waals surface area contributed by atoms with Crippen molar-refractivity contribution in [2.75, 3.05) is 0 Å². The lowest BCUT2D eigenvalue weighted by molar-refractivity contribution is 0.431. The van der Waals surface area contributed by atoms with E-state index in [4.69, 9.17) is 4.52 Å². The second-order valence-electron chi connectivity index (χ2n) is 3.15. The van der Waals surface area contributed by atoms with Gasteiger partial charge in [0.2, 0.25) is 0 Å². The minimum atomic E-state index is 0.873. The molecule has 0 aliphatic carbocycles. The number of rotatable bonds is 1. The first-order valence-electron chi connectivity index (χ1n) is 4.26. The van der Waals surface area contributed by atoms with Crippen LogP contribution in [-0.2, 0) is 0 Å². The van der Waals surface area contributed by atoms with Gasteiger partial charge in [0.25, 0.3) is 0 Å². The zero-order valence-electron chi connectivity index (χ0n) is 7.74. The molecule has 1 aromatic carbocycles. The second kappa shape index (κ2) is 3.05. The lowest BCUT2D eigenvalue weighted by Crippen LogP contribution is -1.81. The van der Waals surface area contributed by atoms with Gasteiger partial charge in [-0.3, -0.25) is 0 Å². The SMILES string of the molecule is Cc1ccccc1-c1oncc1C. The third-order valence-electron chi connectivity index (χ3n) is 2.14. The Morgan fingerprint density at radius 1 is 1.08 bits per heavy atom. The molecule has 0 unspecified atom stereocenters. The molecule has 0 aliphatic rings. The summed E-state index contributed by atoms with van der Waals surface area (Å²) in [4.78, 5) is 0. The smallest absolute Gasteiger partial charge is 0.169 e. The van der Waals surface area contributed by atoms with Gasteiger partial charge in [-0.2, -0.15) is 0 Å². The maximum absolute atomic E-state index is 5.18. The van der Waals surface area contributed by atoms with Gasteiger partial charge >= 0.3 is 0 Å². The molecule has 0 N–H and O–H groups in total. The molecule has 0 radical (unpaired) electrons. The van der Waals surface area contributed by atoms with Gasteiger partial charge in [-0.15, -0.1) is 0 Å². The Bertz CT molecular complexity index is 418. The molecule has 0 amide bonds. The van der Waals surface area contributed by atoms with Crippen molar-refractivity contribution in [3.05, 3.63) is 41.6 Å². The van der Waals surface area contributed by atoms with Crippen LogP contribution in [0.25, 0.3) is 11.3 Å². The van der Waals surface area contributed by atoms with Gasteiger partial charge in [-0.25, -0.2) is 0 Å². The van der Waals surface area contributed by atoms with Crippen LogP contribution < -0.4 is 0 Å². The van der Waals surface area contributed by atoms with Gasteiger partial charge in [0.05, 0.1) is 6.20 Å². The standard InChI is InChI=1S/C11H11NO/c1-8-5-3-4-6-10(8)11-9(2)7-12-13-11/h3-7H,1-2H3. The third-order valence-corrected chi connectivity index (χ3v) is 2.14. The molecule has 66 valence electrons. The van der Waals surface area contributed by atoms with Crippen LogP contribution in [-0.4, -0.2) is 5.16 Å². The highest BCUT2D eigenvalue weighted by Crippen LogP contribution is 2.25. The summed E-state index contributed by atoms with van der Waals surface area (Å²) < 4.78 is 5.18. The summed E-state index contributed by atoms with van der Waals surface area (Å²) in [7, 11) is 0. The molecule has 13 heavy (non-hydrogen) atoms. The molecule has 0 spiro atoms. The molecule has 0 atom stereocenters. The van der Waals surface area contributed by atoms with Gasteiger partial charge in [-0.1, -0.05) is 29.4 Å². The first-order valence-corrected chi connectivity index (χ1v) is 4.26. The molecule has 2 nitrogen and oxygen atoms in total. The van der Waals surface area contributed by atoms with Crippen molar-refractivity contribution in [1.29, 1.82) is 0 Å². The molecule has 0 aliphatic heterocycles. The highest BCUT2D eigenvalue weighted by atomic mass is 16.5. The van der Waals surface area contributed by atoms with Crippen LogP contribution in [0.15, 0.2) is 35.0 Å². The normalized spacial score (nSPS) is 10.3. The largest absolute Gasteiger partial charge is 0.356 e. The van der Waals surface area contributed by atoms with Gasteiger partial charge in [0.15, 0.2) is 5.76 Å². The Morgan fingerprint density at radius 3 is 2.46 bits per heavy atom. The zero-order valence-corrected chi connectivity index (χ0v) is 7.74. The maximum Gasteiger partial charge on any atom is 0.169 e. The summed E-state index contributed by atoms with van der Waals surface area (Å²) in [6, 6.07) is 8.13. The van der Waals surface area contributed by atoms with Crippen LogP contribution in [0.3, 0.4) is 0 Å². The second-order valence-corrected chi connectivity index (χ2v) is 3.15. The highest BCUT2D eigenvalue weighted by Gasteiger charge is 2.08. The monoisotopic (exact) mass is 173 g/mol. The summed E-state index contributed by atoms with van der Waals surface area (Å²) in [6.45, 7) is 4.07. The Balaban J connectivity index is 2.59. The summed E-state index contributed by atoms with van der Waals surface area (Å²) >= 11 is 0. The summed E-state index contributed by atoms with van der Waals surface area (Å²) in [5.41, 5.74) is 3.41. The molecule has 0 fully saturated rings. The van der Waals surface area contributed by atoms with Crippen LogP contribution in [0.1, 0.15) is 11.1 Å². The van der Waals surface area contributed by atoms with Crippen molar-refractivity contribution in [3.63, 3.8) is 0 Å². The first kappa shape index (κ1) is 8.05. The molecule has 2 heteroatoms. The van der Waals surface area contributed by atoms with Crippen LogP contribution in [0.4, 0.5) is 0 Å². The summed E-state index contributed by atoms with van der Waals surface area (Å²) in [6.07, 6.45) is 1.74. The van der Waals surface area contributed by atoms with Crippen LogP contribution in [0, 0.1) is 13.8 Å². The van der Waals surface area contributed by atoms with E-state index in [-0.39, 0.29) is 0 Å². The van der Waals surface area contributed by atoms with E-state index in [9.17, 15) is 0 Å². The van der Waals surface area contributed by atoms with Gasteiger partial charge < -0.3 is 4.52 Å². The number of aromatic nitrogens is 1. The van der Waals surface area contributed by atoms with E-state index in [0.29, 0.717) is 0 Å². The van der Waals surface area contributed by atoms with E-state index in [2.05, 4.69) is 18.1 Å². The molecule has 0 saturated heterocycles. The summed E-state index contributed by atoms with van der Waals surface area (Å²) in [5, 5.41) is 3.76. The Kier molecular flexibility index (Phi) is 1.89. The number of aryl methyl sites for hydroxylation is 2. The topological polar surface area (TPSA) is 26.0 Å². The van der Waals surface area contributed by atoms with E-state index in [1.807, 2.05) is 25.1 Å². The molecule has 0 bridgehead atoms. The van der Waals surface area contributed by atoms with Crippen molar-refractivity contribution in [1.82, 2.24) is 5.16 Å². The van der Waals surface area contributed by atoms with Gasteiger partial charge in [0, 0.05) is 11.1 Å². The average molecular weight is 173 g/mol. The fourth-order valence-electron chi connectivity index (χ4n) is 1.38. The minimum absolute atomic E-state index is 0.873. The Labute approximate surface area is 77.2 Å². The van der Waals surface area contributed by atoms with E-state index in [1.165, 1.54) is 5.56 Å². The van der Waals surface area contributed by atoms with Crippen LogP contribution in [0.5, 0.6) is 0 Å². The minimum Gasteiger partial charge on any atom is -0.356 e. The fraction of sp³-hybridized carbons (Fsp3) is 0.182. The molecule has 1 heterocycles. The van der Waals surface area contributed by atoms with Crippen LogP contribution >= 0.6 is 0 Å². The van der Waals surface area contributed by atoms with E-state index in [1.54, 1.807) is 6.20 Å². The lowest BCUT2D eigenvalue weighted by atomic mass is 10.0. The number of benzene rings is 1. The third kappa shape index (κ3) is 1.35. The molecule has 1 aromatic heterocycles. The van der Waals surface area contributed by atoms with Crippen LogP contribution in [0.2, 0.25) is 0 Å². The molecule has 2 rings (SSSR count). The summed E-state index contributed by atoms with van der Waals surface area (Å²) in [5.74, 6) is 0.873. The predicted octanol–water partition coefficient (Wildman–Crippen LogP) is 2.96. The van der Waals surface area contributed by atoms with Crippen molar-refractivity contribution < 1.29 is 4.52 Å². The fourth-order valence-corrected chi connectivity index (χ4v) is 1.38.